The summed E-state index contributed by atoms with van der Waals surface area (Å²) in [6.45, 7) is 1.70. The maximum absolute atomic E-state index is 12.3. The molecule has 0 spiro atoms. The van der Waals surface area contributed by atoms with Crippen molar-refractivity contribution >= 4 is 11.9 Å². The standard InChI is InChI=1S/C24H25N3O4/c1-16-7-5-6-10-20(16)23-27-26-22(31-23)17-11-13-18(14-12-17)24(29)30-15-21(28)25-19-8-3-2-4-9-19/h5-7,10-14,19H,2-4,8-9,15H2,1H3,(H,25,28). The summed E-state index contributed by atoms with van der Waals surface area (Å²) < 4.78 is 10.9. The van der Waals surface area contributed by atoms with Crippen molar-refractivity contribution in [2.24, 2.45) is 0 Å². The van der Waals surface area contributed by atoms with Gasteiger partial charge in [0.15, 0.2) is 6.61 Å². The molecule has 1 aliphatic rings. The molecule has 0 bridgehead atoms. The molecule has 7 heteroatoms. The number of nitrogens with one attached hydrogen (secondary N) is 1. The molecule has 31 heavy (non-hydrogen) atoms. The van der Waals surface area contributed by atoms with Gasteiger partial charge in [-0.05, 0) is 55.7 Å². The molecule has 0 aliphatic heterocycles. The number of nitrogens with zero attached hydrogens (tertiary/aromatic N) is 2. The third-order valence-electron chi connectivity index (χ3n) is 5.47. The van der Waals surface area contributed by atoms with E-state index in [-0.39, 0.29) is 18.6 Å². The first-order valence-corrected chi connectivity index (χ1v) is 10.6. The summed E-state index contributed by atoms with van der Waals surface area (Å²) in [4.78, 5) is 24.3. The van der Waals surface area contributed by atoms with E-state index >= 15 is 0 Å². The number of ether oxygens (including phenoxy) is 1. The topological polar surface area (TPSA) is 94.3 Å². The van der Waals surface area contributed by atoms with Gasteiger partial charge >= 0.3 is 5.97 Å². The lowest BCUT2D eigenvalue weighted by Gasteiger charge is -2.22. The second-order valence-corrected chi connectivity index (χ2v) is 7.78. The summed E-state index contributed by atoms with van der Waals surface area (Å²) in [6.07, 6.45) is 5.45. The molecule has 1 aromatic heterocycles. The van der Waals surface area contributed by atoms with Crippen LogP contribution in [0.4, 0.5) is 0 Å². The van der Waals surface area contributed by atoms with Crippen LogP contribution in [0.5, 0.6) is 0 Å². The Morgan fingerprint density at radius 3 is 2.45 bits per heavy atom. The number of esters is 1. The summed E-state index contributed by atoms with van der Waals surface area (Å²) in [6, 6.07) is 14.6. The molecule has 4 rings (SSSR count). The van der Waals surface area contributed by atoms with Gasteiger partial charge in [-0.2, -0.15) is 0 Å². The maximum Gasteiger partial charge on any atom is 0.338 e. The molecule has 3 aromatic rings. The van der Waals surface area contributed by atoms with Crippen LogP contribution in [-0.4, -0.2) is 34.7 Å². The zero-order valence-electron chi connectivity index (χ0n) is 17.5. The zero-order chi connectivity index (χ0) is 21.6. The molecule has 160 valence electrons. The molecule has 1 aliphatic carbocycles. The van der Waals surface area contributed by atoms with E-state index in [1.54, 1.807) is 24.3 Å². The Morgan fingerprint density at radius 2 is 1.71 bits per heavy atom. The van der Waals surface area contributed by atoms with Crippen LogP contribution in [0.1, 0.15) is 48.0 Å². The Balaban J connectivity index is 1.34. The van der Waals surface area contributed by atoms with Crippen molar-refractivity contribution in [1.82, 2.24) is 15.5 Å². The fourth-order valence-corrected chi connectivity index (χ4v) is 3.74. The number of hydrogen-bond donors (Lipinski definition) is 1. The zero-order valence-corrected chi connectivity index (χ0v) is 17.5. The average Bonchev–Trinajstić information content (AvgIpc) is 3.28. The predicted octanol–water partition coefficient (Wildman–Crippen LogP) is 4.32. The molecule has 0 atom stereocenters. The Hall–Kier alpha value is -3.48. The van der Waals surface area contributed by atoms with E-state index in [0.29, 0.717) is 22.9 Å². The highest BCUT2D eigenvalue weighted by Gasteiger charge is 2.17. The molecular weight excluding hydrogens is 394 g/mol. The van der Waals surface area contributed by atoms with Crippen LogP contribution < -0.4 is 5.32 Å². The summed E-state index contributed by atoms with van der Waals surface area (Å²) in [7, 11) is 0. The van der Waals surface area contributed by atoms with Crippen LogP contribution in [0.15, 0.2) is 52.9 Å². The molecule has 7 nitrogen and oxygen atoms in total. The number of aryl methyl sites for hydroxylation is 1. The SMILES string of the molecule is Cc1ccccc1-c1nnc(-c2ccc(C(=O)OCC(=O)NC3CCCCC3)cc2)o1. The summed E-state index contributed by atoms with van der Waals surface area (Å²) in [5.74, 6) is 0.00790. The minimum absolute atomic E-state index is 0.193. The Labute approximate surface area is 180 Å². The summed E-state index contributed by atoms with van der Waals surface area (Å²) >= 11 is 0. The normalized spacial score (nSPS) is 14.2. The van der Waals surface area contributed by atoms with E-state index < -0.39 is 5.97 Å². The number of hydrogen-bond acceptors (Lipinski definition) is 6. The van der Waals surface area contributed by atoms with Crippen LogP contribution in [0, 0.1) is 6.92 Å². The molecule has 2 aromatic carbocycles. The predicted molar refractivity (Wildman–Crippen MR) is 115 cm³/mol. The van der Waals surface area contributed by atoms with Crippen molar-refractivity contribution in [1.29, 1.82) is 0 Å². The Kier molecular flexibility index (Phi) is 6.40. The van der Waals surface area contributed by atoms with Gasteiger partial charge in [-0.25, -0.2) is 4.79 Å². The van der Waals surface area contributed by atoms with Crippen molar-refractivity contribution in [3.8, 4) is 22.9 Å². The van der Waals surface area contributed by atoms with Gasteiger partial charge in [0.25, 0.3) is 5.91 Å². The van der Waals surface area contributed by atoms with Crippen LogP contribution in [0.25, 0.3) is 22.9 Å². The highest BCUT2D eigenvalue weighted by molar-refractivity contribution is 5.91. The van der Waals surface area contributed by atoms with E-state index in [0.717, 1.165) is 36.8 Å². The van der Waals surface area contributed by atoms with Gasteiger partial charge < -0.3 is 14.5 Å². The second-order valence-electron chi connectivity index (χ2n) is 7.78. The molecule has 1 fully saturated rings. The number of rotatable bonds is 6. The van der Waals surface area contributed by atoms with Crippen LogP contribution in [0.2, 0.25) is 0 Å². The fourth-order valence-electron chi connectivity index (χ4n) is 3.74. The van der Waals surface area contributed by atoms with Crippen molar-refractivity contribution in [3.05, 3.63) is 59.7 Å². The maximum atomic E-state index is 12.3. The first kappa shape index (κ1) is 20.8. The van der Waals surface area contributed by atoms with E-state index in [1.165, 1.54) is 6.42 Å². The highest BCUT2D eigenvalue weighted by atomic mass is 16.5. The van der Waals surface area contributed by atoms with Crippen LogP contribution in [-0.2, 0) is 9.53 Å². The molecule has 1 saturated carbocycles. The van der Waals surface area contributed by atoms with E-state index in [1.807, 2.05) is 31.2 Å². The molecule has 1 heterocycles. The molecule has 0 radical (unpaired) electrons. The first-order valence-electron chi connectivity index (χ1n) is 10.6. The van der Waals surface area contributed by atoms with Gasteiger partial charge in [-0.3, -0.25) is 4.79 Å². The smallest absolute Gasteiger partial charge is 0.338 e. The van der Waals surface area contributed by atoms with Gasteiger partial charge in [0, 0.05) is 17.2 Å². The second kappa shape index (κ2) is 9.55. The van der Waals surface area contributed by atoms with Crippen molar-refractivity contribution in [2.45, 2.75) is 45.1 Å². The first-order chi connectivity index (χ1) is 15.1. The van der Waals surface area contributed by atoms with Crippen molar-refractivity contribution < 1.29 is 18.7 Å². The van der Waals surface area contributed by atoms with Gasteiger partial charge in [-0.1, -0.05) is 37.5 Å². The number of carbonyl (C=O) groups excluding carboxylic acids is 2. The van der Waals surface area contributed by atoms with E-state index in [4.69, 9.17) is 9.15 Å². The summed E-state index contributed by atoms with van der Waals surface area (Å²) in [5, 5.41) is 11.2. The average molecular weight is 419 g/mol. The molecular formula is C24H25N3O4. The van der Waals surface area contributed by atoms with Gasteiger partial charge in [0.1, 0.15) is 0 Å². The number of aromatic nitrogens is 2. The molecule has 0 unspecified atom stereocenters. The Morgan fingerprint density at radius 1 is 1.00 bits per heavy atom. The molecule has 1 N–H and O–H groups in total. The molecule has 1 amide bonds. The van der Waals surface area contributed by atoms with E-state index in [9.17, 15) is 9.59 Å². The van der Waals surface area contributed by atoms with Gasteiger partial charge in [-0.15, -0.1) is 10.2 Å². The minimum atomic E-state index is -0.545. The monoisotopic (exact) mass is 419 g/mol. The summed E-state index contributed by atoms with van der Waals surface area (Å²) in [5.41, 5.74) is 2.98. The highest BCUT2D eigenvalue weighted by Crippen LogP contribution is 2.26. The van der Waals surface area contributed by atoms with Gasteiger partial charge in [0.05, 0.1) is 5.56 Å². The quantitative estimate of drug-likeness (QED) is 0.598. The van der Waals surface area contributed by atoms with E-state index in [2.05, 4.69) is 15.5 Å². The number of benzene rings is 2. The van der Waals surface area contributed by atoms with Crippen molar-refractivity contribution in [2.75, 3.05) is 6.61 Å². The lowest BCUT2D eigenvalue weighted by molar-refractivity contribution is -0.125. The van der Waals surface area contributed by atoms with Crippen LogP contribution >= 0.6 is 0 Å². The number of amides is 1. The van der Waals surface area contributed by atoms with Crippen molar-refractivity contribution in [3.63, 3.8) is 0 Å². The largest absolute Gasteiger partial charge is 0.452 e. The molecule has 0 saturated heterocycles. The minimum Gasteiger partial charge on any atom is -0.452 e. The lowest BCUT2D eigenvalue weighted by atomic mass is 9.95. The lowest BCUT2D eigenvalue weighted by Crippen LogP contribution is -2.38. The Bertz CT molecular complexity index is 1050. The number of carbonyl (C=O) groups is 2. The third kappa shape index (κ3) is 5.17. The fraction of sp³-hybridized carbons (Fsp3) is 0.333. The third-order valence-corrected chi connectivity index (χ3v) is 5.47. The van der Waals surface area contributed by atoms with Crippen LogP contribution in [0.3, 0.4) is 0 Å². The van der Waals surface area contributed by atoms with Gasteiger partial charge in [0.2, 0.25) is 11.8 Å².